The van der Waals surface area contributed by atoms with Gasteiger partial charge in [-0.25, -0.2) is 0 Å². The van der Waals surface area contributed by atoms with E-state index in [0.29, 0.717) is 0 Å². The number of aromatic nitrogens is 5. The maximum atomic E-state index is 4.16. The standard InChI is InChI=1S/C6H8N5S.BrH/c1-5-8-9-10(2)11(5)6-7-3-4-12-6;/h3-4H,1-2H3;1H/q+1;/p-1. The summed E-state index contributed by atoms with van der Waals surface area (Å²) in [5.74, 6) is 0.840. The Balaban J connectivity index is 0.000000845. The van der Waals surface area contributed by atoms with E-state index < -0.39 is 0 Å². The number of nitrogens with zero attached hydrogens (tertiary/aromatic N) is 5. The Morgan fingerprint density at radius 2 is 2.31 bits per heavy atom. The van der Waals surface area contributed by atoms with Gasteiger partial charge in [-0.05, 0) is 0 Å². The van der Waals surface area contributed by atoms with Crippen molar-refractivity contribution in [2.45, 2.75) is 6.92 Å². The van der Waals surface area contributed by atoms with E-state index in [-0.39, 0.29) is 17.0 Å². The monoisotopic (exact) mass is 261 g/mol. The van der Waals surface area contributed by atoms with Crippen LogP contribution in [0.4, 0.5) is 0 Å². The van der Waals surface area contributed by atoms with Crippen LogP contribution in [0.15, 0.2) is 11.6 Å². The van der Waals surface area contributed by atoms with Gasteiger partial charge >= 0.3 is 5.13 Å². The summed E-state index contributed by atoms with van der Waals surface area (Å²) < 4.78 is 1.85. The highest BCUT2D eigenvalue weighted by molar-refractivity contribution is 7.11. The van der Waals surface area contributed by atoms with Crippen LogP contribution in [0.1, 0.15) is 5.82 Å². The highest BCUT2D eigenvalue weighted by Gasteiger charge is 2.15. The summed E-state index contributed by atoms with van der Waals surface area (Å²) in [6.07, 6.45) is 1.76. The molecule has 0 fully saturated rings. The minimum atomic E-state index is 0. The van der Waals surface area contributed by atoms with E-state index in [1.54, 1.807) is 22.3 Å². The second-order valence-electron chi connectivity index (χ2n) is 2.35. The smallest absolute Gasteiger partial charge is 0.312 e. The Labute approximate surface area is 89.8 Å². The van der Waals surface area contributed by atoms with Gasteiger partial charge in [0.1, 0.15) is 5.21 Å². The largest absolute Gasteiger partial charge is 1.00 e. The van der Waals surface area contributed by atoms with Crippen molar-refractivity contribution in [3.63, 3.8) is 0 Å². The quantitative estimate of drug-likeness (QED) is 0.510. The molecule has 0 aliphatic rings. The average Bonchev–Trinajstić information content (AvgIpc) is 2.61. The van der Waals surface area contributed by atoms with Crippen LogP contribution in [-0.4, -0.2) is 20.1 Å². The summed E-state index contributed by atoms with van der Waals surface area (Å²) in [4.78, 5) is 5.82. The number of aryl methyl sites for hydroxylation is 2. The molecule has 0 atom stereocenters. The molecule has 0 aromatic carbocycles. The Morgan fingerprint density at radius 1 is 1.54 bits per heavy atom. The van der Waals surface area contributed by atoms with E-state index in [9.17, 15) is 0 Å². The van der Waals surface area contributed by atoms with Crippen LogP contribution in [-0.2, 0) is 7.05 Å². The second-order valence-corrected chi connectivity index (χ2v) is 3.23. The van der Waals surface area contributed by atoms with Gasteiger partial charge in [-0.15, -0.1) is 9.67 Å². The van der Waals surface area contributed by atoms with Crippen LogP contribution in [0, 0.1) is 6.92 Å². The van der Waals surface area contributed by atoms with Crippen molar-refractivity contribution < 1.29 is 21.7 Å². The van der Waals surface area contributed by atoms with Crippen LogP contribution in [0.25, 0.3) is 5.13 Å². The number of hydrogen-bond donors (Lipinski definition) is 0. The zero-order chi connectivity index (χ0) is 8.55. The molecular formula is C6H8BrN5S. The molecule has 0 aliphatic carbocycles. The van der Waals surface area contributed by atoms with Crippen molar-refractivity contribution >= 4 is 11.3 Å². The van der Waals surface area contributed by atoms with Crippen LogP contribution in [0.2, 0.25) is 0 Å². The minimum absolute atomic E-state index is 0. The van der Waals surface area contributed by atoms with Gasteiger partial charge in [0.15, 0.2) is 0 Å². The van der Waals surface area contributed by atoms with Gasteiger partial charge < -0.3 is 17.0 Å². The van der Waals surface area contributed by atoms with Gasteiger partial charge in [0.2, 0.25) is 0 Å². The zero-order valence-corrected chi connectivity index (χ0v) is 9.58. The highest BCUT2D eigenvalue weighted by atomic mass is 79.9. The molecule has 0 N–H and O–H groups in total. The van der Waals surface area contributed by atoms with Crippen molar-refractivity contribution in [3.05, 3.63) is 17.4 Å². The summed E-state index contributed by atoms with van der Waals surface area (Å²) >= 11 is 1.56. The summed E-state index contributed by atoms with van der Waals surface area (Å²) in [6.45, 7) is 1.90. The molecule has 13 heavy (non-hydrogen) atoms. The van der Waals surface area contributed by atoms with Crippen molar-refractivity contribution in [1.82, 2.24) is 20.1 Å². The highest BCUT2D eigenvalue weighted by Crippen LogP contribution is 2.02. The molecule has 7 heteroatoms. The normalized spacial score (nSPS) is 9.69. The third-order valence-corrected chi connectivity index (χ3v) is 2.26. The third kappa shape index (κ3) is 1.75. The van der Waals surface area contributed by atoms with Gasteiger partial charge in [0.05, 0.1) is 13.2 Å². The fraction of sp³-hybridized carbons (Fsp3) is 0.333. The first kappa shape index (κ1) is 10.3. The second kappa shape index (κ2) is 3.93. The Bertz CT molecular complexity index is 362. The van der Waals surface area contributed by atoms with Gasteiger partial charge in [-0.3, -0.25) is 0 Å². The number of hydrogen-bond acceptors (Lipinski definition) is 4. The molecular weight excluding hydrogens is 254 g/mol. The molecule has 0 saturated heterocycles. The van der Waals surface area contributed by atoms with E-state index in [1.807, 2.05) is 24.0 Å². The molecule has 2 aromatic heterocycles. The first-order chi connectivity index (χ1) is 5.79. The Morgan fingerprint density at radius 3 is 2.77 bits per heavy atom. The molecule has 2 heterocycles. The summed E-state index contributed by atoms with van der Waals surface area (Å²) in [7, 11) is 1.83. The molecule has 0 unspecified atom stereocenters. The number of thiazole rings is 1. The van der Waals surface area contributed by atoms with E-state index in [4.69, 9.17) is 0 Å². The van der Waals surface area contributed by atoms with Crippen LogP contribution in [0.5, 0.6) is 0 Å². The van der Waals surface area contributed by atoms with Crippen molar-refractivity contribution in [1.29, 1.82) is 0 Å². The topological polar surface area (TPSA) is 47.5 Å². The predicted molar refractivity (Wildman–Crippen MR) is 42.9 cm³/mol. The van der Waals surface area contributed by atoms with Crippen molar-refractivity contribution in [2.75, 3.05) is 0 Å². The Kier molecular flexibility index (Phi) is 3.10. The lowest BCUT2D eigenvalue weighted by atomic mass is 10.7. The molecule has 2 rings (SSSR count). The van der Waals surface area contributed by atoms with Gasteiger partial charge in [0.25, 0.3) is 5.82 Å². The summed E-state index contributed by atoms with van der Waals surface area (Å²) in [5, 5.41) is 10.6. The lowest BCUT2D eigenvalue weighted by molar-refractivity contribution is -0.693. The van der Waals surface area contributed by atoms with Crippen molar-refractivity contribution in [3.8, 4) is 5.13 Å². The van der Waals surface area contributed by atoms with E-state index in [1.165, 1.54) is 0 Å². The molecule has 5 nitrogen and oxygen atoms in total. The first-order valence-corrected chi connectivity index (χ1v) is 4.35. The zero-order valence-electron chi connectivity index (χ0n) is 7.18. The van der Waals surface area contributed by atoms with Gasteiger partial charge in [-0.2, -0.15) is 0 Å². The van der Waals surface area contributed by atoms with Crippen LogP contribution in [0.3, 0.4) is 0 Å². The molecule has 0 amide bonds. The van der Waals surface area contributed by atoms with E-state index in [0.717, 1.165) is 11.0 Å². The fourth-order valence-corrected chi connectivity index (χ4v) is 1.72. The molecule has 0 saturated carbocycles. The van der Waals surface area contributed by atoms with E-state index >= 15 is 0 Å². The molecule has 0 aliphatic heterocycles. The number of tetrazole rings is 1. The molecule has 70 valence electrons. The lowest BCUT2D eigenvalue weighted by Crippen LogP contribution is -3.00. The molecule has 2 aromatic rings. The number of halogens is 1. The SMILES string of the molecule is Cc1nnn(C)[n+]1-c1nccs1.[Br-]. The lowest BCUT2D eigenvalue weighted by Gasteiger charge is -1.91. The summed E-state index contributed by atoms with van der Waals surface area (Å²) in [5.41, 5.74) is 0. The number of rotatable bonds is 1. The van der Waals surface area contributed by atoms with E-state index in [2.05, 4.69) is 15.3 Å². The summed E-state index contributed by atoms with van der Waals surface area (Å²) in [6, 6.07) is 0. The van der Waals surface area contributed by atoms with Crippen molar-refractivity contribution in [2.24, 2.45) is 7.05 Å². The van der Waals surface area contributed by atoms with Gasteiger partial charge in [-0.1, -0.05) is 16.1 Å². The molecule has 0 radical (unpaired) electrons. The predicted octanol–water partition coefficient (Wildman–Crippen LogP) is -3.14. The molecule has 0 bridgehead atoms. The maximum absolute atomic E-state index is 4.16. The van der Waals surface area contributed by atoms with Crippen LogP contribution >= 0.6 is 11.3 Å². The first-order valence-electron chi connectivity index (χ1n) is 3.47. The third-order valence-electron chi connectivity index (χ3n) is 1.52. The van der Waals surface area contributed by atoms with Crippen LogP contribution < -0.4 is 21.7 Å². The average molecular weight is 262 g/mol. The Hall–Kier alpha value is -0.820. The van der Waals surface area contributed by atoms with Gasteiger partial charge in [0, 0.05) is 17.4 Å². The fourth-order valence-electron chi connectivity index (χ4n) is 1.00. The maximum Gasteiger partial charge on any atom is 0.312 e. The molecule has 0 spiro atoms. The minimum Gasteiger partial charge on any atom is -1.00 e.